The minimum atomic E-state index is -1.25. The molecule has 1 amide bonds. The highest BCUT2D eigenvalue weighted by Gasteiger charge is 2.26. The Morgan fingerprint density at radius 2 is 1.81 bits per heavy atom. The van der Waals surface area contributed by atoms with Crippen LogP contribution in [0, 0.1) is 6.92 Å². The second kappa shape index (κ2) is 8.58. The molecular formula is C19H20ClNO5. The lowest BCUT2D eigenvalue weighted by molar-refractivity contribution is -0.143. The molecule has 0 aliphatic rings. The fourth-order valence-corrected chi connectivity index (χ4v) is 2.55. The number of rotatable bonds is 7. The number of carbonyl (C=O) groups excluding carboxylic acids is 1. The van der Waals surface area contributed by atoms with Crippen molar-refractivity contribution in [2.24, 2.45) is 0 Å². The van der Waals surface area contributed by atoms with Gasteiger partial charge < -0.3 is 19.9 Å². The largest absolute Gasteiger partial charge is 0.495 e. The third-order valence-corrected chi connectivity index (χ3v) is 4.04. The summed E-state index contributed by atoms with van der Waals surface area (Å²) in [7, 11) is 1.46. The quantitative estimate of drug-likeness (QED) is 0.772. The summed E-state index contributed by atoms with van der Waals surface area (Å²) in [6, 6.07) is 10.5. The van der Waals surface area contributed by atoms with Crippen LogP contribution in [0.15, 0.2) is 42.5 Å². The Bertz CT molecular complexity index is 791. The molecule has 0 aliphatic heterocycles. The number of methoxy groups -OCH3 is 1. The highest BCUT2D eigenvalue weighted by atomic mass is 35.5. The van der Waals surface area contributed by atoms with Crippen molar-refractivity contribution in [3.63, 3.8) is 0 Å². The molecule has 0 bridgehead atoms. The van der Waals surface area contributed by atoms with Crippen LogP contribution in [0.3, 0.4) is 0 Å². The van der Waals surface area contributed by atoms with Crippen LogP contribution in [0.5, 0.6) is 11.5 Å². The van der Waals surface area contributed by atoms with E-state index in [4.69, 9.17) is 21.1 Å². The third-order valence-electron chi connectivity index (χ3n) is 3.75. The molecule has 2 aromatic rings. The molecule has 2 aromatic carbocycles. The summed E-state index contributed by atoms with van der Waals surface area (Å²) in [5, 5.41) is 12.2. The maximum absolute atomic E-state index is 12.4. The Labute approximate surface area is 156 Å². The van der Waals surface area contributed by atoms with Crippen LogP contribution < -0.4 is 14.8 Å². The average molecular weight is 378 g/mol. The number of ether oxygens (including phenoxy) is 2. The molecule has 138 valence electrons. The number of carboxylic acids is 1. The maximum Gasteiger partial charge on any atom is 0.330 e. The number of benzene rings is 2. The van der Waals surface area contributed by atoms with Crippen LogP contribution in [0.4, 0.5) is 0 Å². The van der Waals surface area contributed by atoms with Crippen molar-refractivity contribution in [2.75, 3.05) is 7.11 Å². The monoisotopic (exact) mass is 377 g/mol. The van der Waals surface area contributed by atoms with Crippen molar-refractivity contribution in [1.29, 1.82) is 0 Å². The Morgan fingerprint density at radius 1 is 1.15 bits per heavy atom. The van der Waals surface area contributed by atoms with Gasteiger partial charge in [-0.05, 0) is 43.7 Å². The van der Waals surface area contributed by atoms with Gasteiger partial charge in [-0.25, -0.2) is 4.79 Å². The first-order valence-electron chi connectivity index (χ1n) is 7.91. The summed E-state index contributed by atoms with van der Waals surface area (Å²) in [4.78, 5) is 23.9. The van der Waals surface area contributed by atoms with E-state index in [1.165, 1.54) is 19.2 Å². The van der Waals surface area contributed by atoms with Crippen molar-refractivity contribution in [1.82, 2.24) is 5.32 Å². The van der Waals surface area contributed by atoms with Gasteiger partial charge in [0.2, 0.25) is 0 Å². The molecular weight excluding hydrogens is 358 g/mol. The SMILES string of the molecule is COc1ccc(C(NC(=O)C(C)Oc2ccc(C)cc2)C(=O)O)cc1Cl. The van der Waals surface area contributed by atoms with Crippen molar-refractivity contribution in [2.45, 2.75) is 26.0 Å². The van der Waals surface area contributed by atoms with E-state index in [9.17, 15) is 14.7 Å². The van der Waals surface area contributed by atoms with Gasteiger partial charge in [-0.15, -0.1) is 0 Å². The van der Waals surface area contributed by atoms with Gasteiger partial charge in [0, 0.05) is 0 Å². The summed E-state index contributed by atoms with van der Waals surface area (Å²) in [6.07, 6.45) is -0.867. The predicted octanol–water partition coefficient (Wildman–Crippen LogP) is 3.37. The molecule has 0 fully saturated rings. The number of nitrogens with one attached hydrogen (secondary N) is 1. The Kier molecular flexibility index (Phi) is 6.46. The van der Waals surface area contributed by atoms with Crippen LogP contribution in [-0.4, -0.2) is 30.2 Å². The highest BCUT2D eigenvalue weighted by Crippen LogP contribution is 2.28. The van der Waals surface area contributed by atoms with E-state index in [0.29, 0.717) is 17.1 Å². The van der Waals surface area contributed by atoms with E-state index in [0.717, 1.165) is 5.56 Å². The summed E-state index contributed by atoms with van der Waals surface area (Å²) >= 11 is 6.04. The van der Waals surface area contributed by atoms with Gasteiger partial charge in [-0.1, -0.05) is 35.4 Å². The first kappa shape index (κ1) is 19.6. The summed E-state index contributed by atoms with van der Waals surface area (Å²) in [5.74, 6) is -0.813. The number of hydrogen-bond donors (Lipinski definition) is 2. The zero-order valence-corrected chi connectivity index (χ0v) is 15.4. The molecule has 0 aromatic heterocycles. The number of halogens is 1. The second-order valence-corrected chi connectivity index (χ2v) is 6.15. The van der Waals surface area contributed by atoms with E-state index in [1.807, 2.05) is 19.1 Å². The normalized spacial score (nSPS) is 12.8. The number of hydrogen-bond acceptors (Lipinski definition) is 4. The smallest absolute Gasteiger partial charge is 0.330 e. The van der Waals surface area contributed by atoms with Crippen molar-refractivity contribution < 1.29 is 24.2 Å². The zero-order chi connectivity index (χ0) is 19.3. The number of amides is 1. The minimum absolute atomic E-state index is 0.259. The molecule has 0 saturated carbocycles. The minimum Gasteiger partial charge on any atom is -0.495 e. The molecule has 0 spiro atoms. The highest BCUT2D eigenvalue weighted by molar-refractivity contribution is 6.32. The summed E-state index contributed by atoms with van der Waals surface area (Å²) in [5.41, 5.74) is 1.40. The van der Waals surface area contributed by atoms with Gasteiger partial charge in [0.1, 0.15) is 11.5 Å². The zero-order valence-electron chi connectivity index (χ0n) is 14.7. The molecule has 0 saturated heterocycles. The third kappa shape index (κ3) is 4.89. The van der Waals surface area contributed by atoms with Gasteiger partial charge in [-0.3, -0.25) is 4.79 Å². The first-order valence-corrected chi connectivity index (χ1v) is 8.29. The summed E-state index contributed by atoms with van der Waals surface area (Å²) in [6.45, 7) is 3.49. The van der Waals surface area contributed by atoms with Crippen LogP contribution in [-0.2, 0) is 9.59 Å². The van der Waals surface area contributed by atoms with E-state index in [2.05, 4.69) is 5.32 Å². The van der Waals surface area contributed by atoms with E-state index in [1.54, 1.807) is 25.1 Å². The molecule has 2 rings (SSSR count). The fraction of sp³-hybridized carbons (Fsp3) is 0.263. The predicted molar refractivity (Wildman–Crippen MR) is 97.8 cm³/mol. The molecule has 6 nitrogen and oxygen atoms in total. The number of aryl methyl sites for hydroxylation is 1. The topological polar surface area (TPSA) is 84.9 Å². The van der Waals surface area contributed by atoms with Crippen molar-refractivity contribution in [3.8, 4) is 11.5 Å². The molecule has 2 atom stereocenters. The van der Waals surface area contributed by atoms with Gasteiger partial charge in [0.05, 0.1) is 12.1 Å². The van der Waals surface area contributed by atoms with E-state index >= 15 is 0 Å². The molecule has 7 heteroatoms. The lowest BCUT2D eigenvalue weighted by Gasteiger charge is -2.19. The average Bonchev–Trinajstić information content (AvgIpc) is 2.61. The number of carbonyl (C=O) groups is 2. The molecule has 0 heterocycles. The fourth-order valence-electron chi connectivity index (χ4n) is 2.28. The van der Waals surface area contributed by atoms with Gasteiger partial charge >= 0.3 is 5.97 Å². The van der Waals surface area contributed by atoms with Crippen LogP contribution in [0.25, 0.3) is 0 Å². The molecule has 0 radical (unpaired) electrons. The number of carboxylic acid groups (broad SMARTS) is 1. The maximum atomic E-state index is 12.4. The molecule has 2 unspecified atom stereocenters. The lowest BCUT2D eigenvalue weighted by atomic mass is 10.1. The standard InChI is InChI=1S/C19H20ClNO5/c1-11-4-7-14(8-5-11)26-12(2)18(22)21-17(19(23)24)13-6-9-16(25-3)15(20)10-13/h4-10,12,17H,1-3H3,(H,21,22)(H,23,24). The van der Waals surface area contributed by atoms with Gasteiger partial charge in [0.15, 0.2) is 12.1 Å². The van der Waals surface area contributed by atoms with Crippen LogP contribution in [0.1, 0.15) is 24.1 Å². The van der Waals surface area contributed by atoms with E-state index in [-0.39, 0.29) is 5.02 Å². The number of aliphatic carboxylic acids is 1. The molecule has 0 aliphatic carbocycles. The van der Waals surface area contributed by atoms with Crippen molar-refractivity contribution in [3.05, 3.63) is 58.6 Å². The Balaban J connectivity index is 2.11. The second-order valence-electron chi connectivity index (χ2n) is 5.75. The molecule has 2 N–H and O–H groups in total. The first-order chi connectivity index (χ1) is 12.3. The Morgan fingerprint density at radius 3 is 2.35 bits per heavy atom. The van der Waals surface area contributed by atoms with Gasteiger partial charge in [0.25, 0.3) is 5.91 Å². The lowest BCUT2D eigenvalue weighted by Crippen LogP contribution is -2.41. The van der Waals surface area contributed by atoms with E-state index < -0.39 is 24.0 Å². The van der Waals surface area contributed by atoms with Crippen LogP contribution >= 0.6 is 11.6 Å². The molecule has 26 heavy (non-hydrogen) atoms. The van der Waals surface area contributed by atoms with Crippen LogP contribution in [0.2, 0.25) is 5.02 Å². The Hall–Kier alpha value is -2.73. The summed E-state index contributed by atoms with van der Waals surface area (Å²) < 4.78 is 10.6. The van der Waals surface area contributed by atoms with Crippen molar-refractivity contribution >= 4 is 23.5 Å². The van der Waals surface area contributed by atoms with Gasteiger partial charge in [-0.2, -0.15) is 0 Å².